The van der Waals surface area contributed by atoms with Crippen LogP contribution in [0.2, 0.25) is 0 Å². The second-order valence-corrected chi connectivity index (χ2v) is 2.30. The van der Waals surface area contributed by atoms with E-state index in [-0.39, 0.29) is 0 Å². The summed E-state index contributed by atoms with van der Waals surface area (Å²) in [5.74, 6) is -15.8. The van der Waals surface area contributed by atoms with Crippen LogP contribution in [0.25, 0.3) is 0 Å². The minimum atomic E-state index is -6.62. The van der Waals surface area contributed by atoms with Crippen molar-refractivity contribution in [3.05, 3.63) is 11.9 Å². The van der Waals surface area contributed by atoms with Gasteiger partial charge in [-0.15, -0.1) is 0 Å². The number of aldehydes is 1. The maximum absolute atomic E-state index is 12.2. The molecule has 0 fully saturated rings. The van der Waals surface area contributed by atoms with Gasteiger partial charge >= 0.3 is 18.0 Å². The lowest BCUT2D eigenvalue weighted by molar-refractivity contribution is -0.347. The Hall–Kier alpha value is -1.15. The minimum absolute atomic E-state index is 0.671. The summed E-state index contributed by atoms with van der Waals surface area (Å²) in [6.07, 6.45) is -8.00. The zero-order valence-electron chi connectivity index (χ0n) is 6.59. The van der Waals surface area contributed by atoms with Gasteiger partial charge in [-0.3, -0.25) is 4.79 Å². The Morgan fingerprint density at radius 1 is 0.933 bits per heavy atom. The molecule has 0 bridgehead atoms. The third-order valence-electron chi connectivity index (χ3n) is 1.26. The summed E-state index contributed by atoms with van der Waals surface area (Å²) in [5, 5.41) is 0. The van der Waals surface area contributed by atoms with E-state index in [0.29, 0.717) is 0 Å². The van der Waals surface area contributed by atoms with E-state index in [9.17, 15) is 39.9 Å². The van der Waals surface area contributed by atoms with Crippen molar-refractivity contribution in [3.63, 3.8) is 0 Å². The van der Waals surface area contributed by atoms with Gasteiger partial charge in [0.2, 0.25) is 0 Å². The summed E-state index contributed by atoms with van der Waals surface area (Å²) < 4.78 is 94.8. The zero-order valence-corrected chi connectivity index (χ0v) is 6.59. The second-order valence-electron chi connectivity index (χ2n) is 2.30. The third kappa shape index (κ3) is 2.26. The van der Waals surface area contributed by atoms with Crippen LogP contribution in [-0.4, -0.2) is 24.3 Å². The van der Waals surface area contributed by atoms with Crippen molar-refractivity contribution in [2.24, 2.45) is 0 Å². The number of carbonyl (C=O) groups is 1. The Kier molecular flexibility index (Phi) is 3.49. The molecule has 0 aliphatic rings. The fourth-order valence-electron chi connectivity index (χ4n) is 0.492. The Morgan fingerprint density at radius 3 is 1.60 bits per heavy atom. The van der Waals surface area contributed by atoms with Crippen LogP contribution >= 0.6 is 0 Å². The first kappa shape index (κ1) is 13.8. The number of carbonyl (C=O) groups excluding carboxylic acids is 1. The van der Waals surface area contributed by atoms with Gasteiger partial charge in [-0.2, -0.15) is 30.7 Å². The highest BCUT2D eigenvalue weighted by molar-refractivity contribution is 5.66. The molecule has 0 aliphatic heterocycles. The molecule has 0 amide bonds. The van der Waals surface area contributed by atoms with Crippen molar-refractivity contribution in [1.82, 2.24) is 0 Å². The molecule has 0 saturated carbocycles. The Bertz CT molecular complexity index is 275. The first-order valence-corrected chi connectivity index (χ1v) is 3.12. The molecule has 0 aliphatic carbocycles. The second kappa shape index (κ2) is 3.78. The topological polar surface area (TPSA) is 17.1 Å². The lowest BCUT2D eigenvalue weighted by Gasteiger charge is -2.26. The van der Waals surface area contributed by atoms with Crippen molar-refractivity contribution >= 4 is 6.29 Å². The van der Waals surface area contributed by atoms with E-state index in [1.165, 1.54) is 0 Å². The molecule has 0 saturated heterocycles. The van der Waals surface area contributed by atoms with Crippen molar-refractivity contribution < 1.29 is 39.9 Å². The Balaban J connectivity index is 5.37. The zero-order chi connectivity index (χ0) is 12.5. The molecule has 0 N–H and O–H groups in total. The van der Waals surface area contributed by atoms with Crippen LogP contribution in [0.1, 0.15) is 0 Å². The number of alkyl halides is 7. The van der Waals surface area contributed by atoms with Gasteiger partial charge in [0.25, 0.3) is 0 Å². The summed E-state index contributed by atoms with van der Waals surface area (Å²) in [5.41, 5.74) is 0. The highest BCUT2D eigenvalue weighted by Gasteiger charge is 2.74. The molecule has 15 heavy (non-hydrogen) atoms. The maximum atomic E-state index is 12.2. The van der Waals surface area contributed by atoms with E-state index in [4.69, 9.17) is 0 Å². The molecule has 0 aromatic rings. The van der Waals surface area contributed by atoms with Crippen molar-refractivity contribution in [2.45, 2.75) is 18.0 Å². The largest absolute Gasteiger partial charge is 0.460 e. The van der Waals surface area contributed by atoms with Gasteiger partial charge in [-0.25, -0.2) is 4.39 Å². The number of hydrogen-bond donors (Lipinski definition) is 0. The lowest BCUT2D eigenvalue weighted by Crippen LogP contribution is -2.52. The molecule has 1 nitrogen and oxygen atoms in total. The standard InChI is InChI=1S/C6H2F8O/c7-3(1-2-15)4(8,9)5(10,11)6(12,13)14/h1-2H. The van der Waals surface area contributed by atoms with Gasteiger partial charge < -0.3 is 0 Å². The summed E-state index contributed by atoms with van der Waals surface area (Å²) >= 11 is 0. The Morgan fingerprint density at radius 2 is 1.33 bits per heavy atom. The van der Waals surface area contributed by atoms with Crippen LogP contribution in [0.15, 0.2) is 11.9 Å². The van der Waals surface area contributed by atoms with Crippen molar-refractivity contribution in [1.29, 1.82) is 0 Å². The average Bonchev–Trinajstić information content (AvgIpc) is 2.02. The van der Waals surface area contributed by atoms with E-state index in [1.54, 1.807) is 0 Å². The Labute approximate surface area is 77.4 Å². The first-order valence-electron chi connectivity index (χ1n) is 3.12. The molecule has 0 atom stereocenters. The molecule has 0 heterocycles. The van der Waals surface area contributed by atoms with Crippen LogP contribution in [0.5, 0.6) is 0 Å². The number of hydrogen-bond acceptors (Lipinski definition) is 1. The van der Waals surface area contributed by atoms with Crippen LogP contribution in [0.3, 0.4) is 0 Å². The molecule has 0 unspecified atom stereocenters. The molecule has 0 radical (unpaired) electrons. The van der Waals surface area contributed by atoms with E-state index in [1.807, 2.05) is 0 Å². The van der Waals surface area contributed by atoms with Crippen LogP contribution in [0.4, 0.5) is 35.1 Å². The van der Waals surface area contributed by atoms with Gasteiger partial charge in [0.15, 0.2) is 5.83 Å². The average molecular weight is 242 g/mol. The highest BCUT2D eigenvalue weighted by atomic mass is 19.4. The van der Waals surface area contributed by atoms with Crippen LogP contribution in [0, 0.1) is 0 Å². The van der Waals surface area contributed by atoms with E-state index in [0.717, 1.165) is 0 Å². The van der Waals surface area contributed by atoms with Gasteiger partial charge in [-0.05, 0) is 0 Å². The fourth-order valence-corrected chi connectivity index (χ4v) is 0.492. The monoisotopic (exact) mass is 242 g/mol. The molecule has 0 aromatic heterocycles. The predicted molar refractivity (Wildman–Crippen MR) is 31.2 cm³/mol. The molecular formula is C6H2F8O. The number of allylic oxidation sites excluding steroid dienone is 2. The van der Waals surface area contributed by atoms with Gasteiger partial charge in [-0.1, -0.05) is 0 Å². The normalized spacial score (nSPS) is 15.3. The lowest BCUT2D eigenvalue weighted by atomic mass is 10.1. The quantitative estimate of drug-likeness (QED) is 0.422. The van der Waals surface area contributed by atoms with Gasteiger partial charge in [0.05, 0.1) is 0 Å². The SMILES string of the molecule is O=CC=C(F)C(F)(F)C(F)(F)C(F)(F)F. The summed E-state index contributed by atoms with van der Waals surface area (Å²) in [6, 6.07) is 0. The minimum Gasteiger partial charge on any atom is -0.298 e. The molecule has 9 heteroatoms. The van der Waals surface area contributed by atoms with Gasteiger partial charge in [0, 0.05) is 6.08 Å². The van der Waals surface area contributed by atoms with E-state index in [2.05, 4.69) is 0 Å². The third-order valence-corrected chi connectivity index (χ3v) is 1.26. The van der Waals surface area contributed by atoms with Crippen LogP contribution in [-0.2, 0) is 4.79 Å². The van der Waals surface area contributed by atoms with Gasteiger partial charge in [0.1, 0.15) is 6.29 Å². The molecular weight excluding hydrogens is 240 g/mol. The summed E-state index contributed by atoms with van der Waals surface area (Å²) in [7, 11) is 0. The molecule has 0 aromatic carbocycles. The highest BCUT2D eigenvalue weighted by Crippen LogP contribution is 2.49. The van der Waals surface area contributed by atoms with Crippen molar-refractivity contribution in [3.8, 4) is 0 Å². The molecule has 88 valence electrons. The maximum Gasteiger partial charge on any atom is 0.460 e. The number of halogens is 8. The smallest absolute Gasteiger partial charge is 0.298 e. The van der Waals surface area contributed by atoms with E-state index >= 15 is 0 Å². The predicted octanol–water partition coefficient (Wildman–Crippen LogP) is 2.87. The molecule has 0 rings (SSSR count). The van der Waals surface area contributed by atoms with Crippen LogP contribution < -0.4 is 0 Å². The summed E-state index contributed by atoms with van der Waals surface area (Å²) in [4.78, 5) is 9.46. The summed E-state index contributed by atoms with van der Waals surface area (Å²) in [6.45, 7) is 0. The molecule has 0 spiro atoms. The van der Waals surface area contributed by atoms with Crippen molar-refractivity contribution in [2.75, 3.05) is 0 Å². The first-order chi connectivity index (χ1) is 6.48. The van der Waals surface area contributed by atoms with E-state index < -0.39 is 36.2 Å². The number of rotatable bonds is 3. The fraction of sp³-hybridized carbons (Fsp3) is 0.500.